The van der Waals surface area contributed by atoms with Gasteiger partial charge in [0.15, 0.2) is 0 Å². The molecule has 16 heavy (non-hydrogen) atoms. The van der Waals surface area contributed by atoms with E-state index in [9.17, 15) is 0 Å². The highest BCUT2D eigenvalue weighted by molar-refractivity contribution is 6.20. The van der Waals surface area contributed by atoms with Gasteiger partial charge in [0, 0.05) is 19.0 Å². The molecule has 1 heterocycles. The Hall–Kier alpha value is -0.900. The summed E-state index contributed by atoms with van der Waals surface area (Å²) in [6, 6.07) is 0. The molecule has 1 unspecified atom stereocenters. The standard InChI is InChI=1S/C11H19ClN4/c1-5-9-10(6-2)14-15-11(13-9)16(4)7-8(3)12/h8H,5-7H2,1-4H3. The second-order valence-electron chi connectivity index (χ2n) is 3.87. The average molecular weight is 243 g/mol. The van der Waals surface area contributed by atoms with Crippen LogP contribution in [0, 0.1) is 0 Å². The smallest absolute Gasteiger partial charge is 0.245 e. The minimum absolute atomic E-state index is 0.0736. The molecule has 0 aromatic carbocycles. The molecule has 4 nitrogen and oxygen atoms in total. The van der Waals surface area contributed by atoms with Gasteiger partial charge in [-0.2, -0.15) is 5.10 Å². The summed E-state index contributed by atoms with van der Waals surface area (Å²) >= 11 is 5.94. The van der Waals surface area contributed by atoms with Crippen molar-refractivity contribution in [3.8, 4) is 0 Å². The predicted molar refractivity (Wildman–Crippen MR) is 67.2 cm³/mol. The van der Waals surface area contributed by atoms with Crippen molar-refractivity contribution in [3.63, 3.8) is 0 Å². The number of alkyl halides is 1. The van der Waals surface area contributed by atoms with Crippen LogP contribution in [0.5, 0.6) is 0 Å². The summed E-state index contributed by atoms with van der Waals surface area (Å²) in [6.07, 6.45) is 1.76. The normalized spacial score (nSPS) is 12.6. The Morgan fingerprint density at radius 2 is 1.81 bits per heavy atom. The molecule has 1 aromatic rings. The molecule has 0 radical (unpaired) electrons. The van der Waals surface area contributed by atoms with Crippen LogP contribution in [0.2, 0.25) is 0 Å². The Kier molecular flexibility index (Phi) is 4.93. The minimum Gasteiger partial charge on any atom is -0.341 e. The van der Waals surface area contributed by atoms with Crippen molar-refractivity contribution in [2.24, 2.45) is 0 Å². The first kappa shape index (κ1) is 13.2. The third-order valence-electron chi connectivity index (χ3n) is 2.36. The summed E-state index contributed by atoms with van der Waals surface area (Å²) in [4.78, 5) is 6.44. The molecule has 0 aliphatic heterocycles. The second kappa shape index (κ2) is 5.99. The molecule has 0 saturated carbocycles. The maximum absolute atomic E-state index is 5.94. The maximum atomic E-state index is 5.94. The van der Waals surface area contributed by atoms with Crippen molar-refractivity contribution in [2.75, 3.05) is 18.5 Å². The van der Waals surface area contributed by atoms with Crippen LogP contribution in [0.1, 0.15) is 32.2 Å². The minimum atomic E-state index is 0.0736. The van der Waals surface area contributed by atoms with Crippen molar-refractivity contribution in [1.82, 2.24) is 15.2 Å². The molecule has 90 valence electrons. The summed E-state index contributed by atoms with van der Waals surface area (Å²) < 4.78 is 0. The lowest BCUT2D eigenvalue weighted by atomic mass is 10.2. The monoisotopic (exact) mass is 242 g/mol. The van der Waals surface area contributed by atoms with Crippen LogP contribution < -0.4 is 4.90 Å². The summed E-state index contributed by atoms with van der Waals surface area (Å²) in [5.74, 6) is 0.654. The number of nitrogens with zero attached hydrogens (tertiary/aromatic N) is 4. The van der Waals surface area contributed by atoms with E-state index in [-0.39, 0.29) is 5.38 Å². The van der Waals surface area contributed by atoms with Gasteiger partial charge < -0.3 is 4.90 Å². The molecular formula is C11H19ClN4. The number of anilines is 1. The van der Waals surface area contributed by atoms with E-state index in [1.807, 2.05) is 18.9 Å². The molecule has 0 bridgehead atoms. The summed E-state index contributed by atoms with van der Waals surface area (Å²) in [6.45, 7) is 6.82. The third-order valence-corrected chi connectivity index (χ3v) is 2.50. The highest BCUT2D eigenvalue weighted by atomic mass is 35.5. The number of aryl methyl sites for hydroxylation is 2. The molecule has 0 amide bonds. The van der Waals surface area contributed by atoms with Crippen LogP contribution in [0.15, 0.2) is 0 Å². The van der Waals surface area contributed by atoms with Gasteiger partial charge in [-0.3, -0.25) is 0 Å². The first-order valence-electron chi connectivity index (χ1n) is 5.66. The molecule has 1 rings (SSSR count). The summed E-state index contributed by atoms with van der Waals surface area (Å²) in [5.41, 5.74) is 2.01. The fourth-order valence-corrected chi connectivity index (χ4v) is 1.76. The molecule has 0 aliphatic carbocycles. The largest absolute Gasteiger partial charge is 0.341 e. The average Bonchev–Trinajstić information content (AvgIpc) is 2.27. The van der Waals surface area contributed by atoms with E-state index in [0.29, 0.717) is 5.95 Å². The number of rotatable bonds is 5. The van der Waals surface area contributed by atoms with Gasteiger partial charge in [0.25, 0.3) is 0 Å². The van der Waals surface area contributed by atoms with Gasteiger partial charge in [0.05, 0.1) is 11.4 Å². The van der Waals surface area contributed by atoms with Crippen LogP contribution >= 0.6 is 11.6 Å². The van der Waals surface area contributed by atoms with Crippen molar-refractivity contribution < 1.29 is 0 Å². The molecular weight excluding hydrogens is 224 g/mol. The van der Waals surface area contributed by atoms with Crippen LogP contribution in [-0.2, 0) is 12.8 Å². The second-order valence-corrected chi connectivity index (χ2v) is 4.62. The van der Waals surface area contributed by atoms with Gasteiger partial charge in [0.1, 0.15) is 0 Å². The maximum Gasteiger partial charge on any atom is 0.245 e. The van der Waals surface area contributed by atoms with E-state index in [1.54, 1.807) is 0 Å². The summed E-state index contributed by atoms with van der Waals surface area (Å²) in [5, 5.41) is 8.39. The van der Waals surface area contributed by atoms with Gasteiger partial charge in [0.2, 0.25) is 5.95 Å². The van der Waals surface area contributed by atoms with E-state index < -0.39 is 0 Å². The number of aromatic nitrogens is 3. The third kappa shape index (κ3) is 3.30. The Morgan fingerprint density at radius 3 is 2.31 bits per heavy atom. The van der Waals surface area contributed by atoms with Crippen molar-refractivity contribution in [1.29, 1.82) is 0 Å². The number of hydrogen-bond donors (Lipinski definition) is 0. The molecule has 0 aliphatic rings. The Bertz CT molecular complexity index is 341. The highest BCUT2D eigenvalue weighted by Crippen LogP contribution is 2.10. The number of halogens is 1. The topological polar surface area (TPSA) is 41.9 Å². The number of hydrogen-bond acceptors (Lipinski definition) is 4. The van der Waals surface area contributed by atoms with Crippen molar-refractivity contribution in [2.45, 2.75) is 39.0 Å². The van der Waals surface area contributed by atoms with Gasteiger partial charge in [-0.05, 0) is 19.8 Å². The van der Waals surface area contributed by atoms with Gasteiger partial charge in [-0.25, -0.2) is 4.98 Å². The van der Waals surface area contributed by atoms with E-state index >= 15 is 0 Å². The zero-order chi connectivity index (χ0) is 12.1. The molecule has 0 fully saturated rings. The Morgan fingerprint density at radius 1 is 1.19 bits per heavy atom. The van der Waals surface area contributed by atoms with Crippen LogP contribution in [0.3, 0.4) is 0 Å². The quantitative estimate of drug-likeness (QED) is 0.742. The predicted octanol–water partition coefficient (Wildman–Crippen LogP) is 2.06. The fraction of sp³-hybridized carbons (Fsp3) is 0.727. The van der Waals surface area contributed by atoms with E-state index in [2.05, 4.69) is 29.0 Å². The lowest BCUT2D eigenvalue weighted by Gasteiger charge is -2.18. The molecule has 0 N–H and O–H groups in total. The molecule has 0 saturated heterocycles. The molecule has 1 aromatic heterocycles. The lowest BCUT2D eigenvalue weighted by Crippen LogP contribution is -2.27. The van der Waals surface area contributed by atoms with Gasteiger partial charge in [-0.15, -0.1) is 16.7 Å². The van der Waals surface area contributed by atoms with E-state index in [0.717, 1.165) is 30.8 Å². The highest BCUT2D eigenvalue weighted by Gasteiger charge is 2.11. The van der Waals surface area contributed by atoms with Crippen molar-refractivity contribution in [3.05, 3.63) is 11.4 Å². The first-order chi connectivity index (χ1) is 7.58. The molecule has 0 spiro atoms. The van der Waals surface area contributed by atoms with E-state index in [1.165, 1.54) is 0 Å². The van der Waals surface area contributed by atoms with Crippen LogP contribution in [0.4, 0.5) is 5.95 Å². The van der Waals surface area contributed by atoms with Gasteiger partial charge in [-0.1, -0.05) is 13.8 Å². The Labute approximate surface area is 102 Å². The van der Waals surface area contributed by atoms with Gasteiger partial charge >= 0.3 is 0 Å². The lowest BCUT2D eigenvalue weighted by molar-refractivity contribution is 0.761. The van der Waals surface area contributed by atoms with E-state index in [4.69, 9.17) is 11.6 Å². The summed E-state index contributed by atoms with van der Waals surface area (Å²) in [7, 11) is 1.93. The zero-order valence-corrected chi connectivity index (χ0v) is 11.1. The Balaban J connectivity index is 2.89. The molecule has 5 heteroatoms. The molecule has 1 atom stereocenters. The SMILES string of the molecule is CCc1nnc(N(C)CC(C)Cl)nc1CC. The van der Waals surface area contributed by atoms with Crippen molar-refractivity contribution >= 4 is 17.5 Å². The zero-order valence-electron chi connectivity index (χ0n) is 10.4. The first-order valence-corrected chi connectivity index (χ1v) is 6.09. The van der Waals surface area contributed by atoms with Crippen LogP contribution in [0.25, 0.3) is 0 Å². The fourth-order valence-electron chi connectivity index (χ4n) is 1.55. The van der Waals surface area contributed by atoms with Crippen LogP contribution in [-0.4, -0.2) is 34.2 Å².